The minimum atomic E-state index is -0.566. The fourth-order valence-electron chi connectivity index (χ4n) is 3.38. The van der Waals surface area contributed by atoms with E-state index in [0.29, 0.717) is 25.0 Å². The Morgan fingerprint density at radius 1 is 1.20 bits per heavy atom. The van der Waals surface area contributed by atoms with Gasteiger partial charge in [0.05, 0.1) is 19.1 Å². The lowest BCUT2D eigenvalue weighted by atomic mass is 9.82. The molecule has 0 aromatic heterocycles. The molecule has 1 saturated heterocycles. The molecule has 0 aromatic rings. The van der Waals surface area contributed by atoms with Crippen LogP contribution in [0.4, 0.5) is 0 Å². The van der Waals surface area contributed by atoms with Crippen molar-refractivity contribution in [1.29, 1.82) is 0 Å². The Labute approximate surface area is 89.4 Å². The monoisotopic (exact) mass is 208 g/mol. The van der Waals surface area contributed by atoms with E-state index in [4.69, 9.17) is 9.47 Å². The number of aldehydes is 1. The van der Waals surface area contributed by atoms with Gasteiger partial charge in [0.25, 0.3) is 0 Å². The summed E-state index contributed by atoms with van der Waals surface area (Å²) in [7, 11) is 0. The highest BCUT2D eigenvalue weighted by atomic mass is 16.7. The largest absolute Gasteiger partial charge is 0.347 e. The van der Waals surface area contributed by atoms with Gasteiger partial charge in [-0.15, -0.1) is 0 Å². The number of allylic oxidation sites excluding steroid dienone is 2. The van der Waals surface area contributed by atoms with Crippen molar-refractivity contribution in [3.05, 3.63) is 12.2 Å². The van der Waals surface area contributed by atoms with Crippen LogP contribution in [-0.2, 0) is 14.3 Å². The maximum absolute atomic E-state index is 11.2. The van der Waals surface area contributed by atoms with Crippen molar-refractivity contribution in [2.75, 3.05) is 13.2 Å². The van der Waals surface area contributed by atoms with Gasteiger partial charge < -0.3 is 14.3 Å². The van der Waals surface area contributed by atoms with Crippen molar-refractivity contribution in [2.24, 2.45) is 17.8 Å². The van der Waals surface area contributed by atoms with Crippen LogP contribution in [0, 0.1) is 17.8 Å². The molecule has 1 heterocycles. The predicted molar refractivity (Wildman–Crippen MR) is 54.2 cm³/mol. The number of carbonyl (C=O) groups is 1. The van der Waals surface area contributed by atoms with Crippen LogP contribution in [-0.4, -0.2) is 25.3 Å². The van der Waals surface area contributed by atoms with Crippen LogP contribution in [0.3, 0.4) is 0 Å². The van der Waals surface area contributed by atoms with E-state index >= 15 is 0 Å². The maximum Gasteiger partial charge on any atom is 0.178 e. The number of ether oxygens (including phenoxy) is 2. The molecule has 0 aromatic carbocycles. The highest BCUT2D eigenvalue weighted by Gasteiger charge is 2.56. The van der Waals surface area contributed by atoms with Gasteiger partial charge in [0.15, 0.2) is 5.79 Å². The molecular weight excluding hydrogens is 192 g/mol. The maximum atomic E-state index is 11.2. The third-order valence-electron chi connectivity index (χ3n) is 4.06. The van der Waals surface area contributed by atoms with E-state index in [1.165, 1.54) is 0 Å². The summed E-state index contributed by atoms with van der Waals surface area (Å²) in [4.78, 5) is 11.2. The average molecular weight is 208 g/mol. The molecule has 82 valence electrons. The van der Waals surface area contributed by atoms with Gasteiger partial charge in [-0.25, -0.2) is 0 Å². The van der Waals surface area contributed by atoms with Gasteiger partial charge in [-0.05, 0) is 24.7 Å². The summed E-state index contributed by atoms with van der Waals surface area (Å²) in [6.45, 7) is 1.27. The molecule has 1 saturated carbocycles. The molecule has 0 amide bonds. The van der Waals surface area contributed by atoms with Crippen LogP contribution in [0.5, 0.6) is 0 Å². The van der Waals surface area contributed by atoms with E-state index in [1.54, 1.807) is 0 Å². The van der Waals surface area contributed by atoms with Gasteiger partial charge in [-0.2, -0.15) is 0 Å². The van der Waals surface area contributed by atoms with Crippen molar-refractivity contribution in [2.45, 2.75) is 25.0 Å². The Kier molecular flexibility index (Phi) is 2.18. The molecule has 3 rings (SSSR count). The lowest BCUT2D eigenvalue weighted by molar-refractivity contribution is -0.184. The fraction of sp³-hybridized carbons (Fsp3) is 0.750. The third-order valence-corrected chi connectivity index (χ3v) is 4.06. The second kappa shape index (κ2) is 3.42. The van der Waals surface area contributed by atoms with Gasteiger partial charge in [-0.3, -0.25) is 0 Å². The fourth-order valence-corrected chi connectivity index (χ4v) is 3.38. The van der Waals surface area contributed by atoms with E-state index in [1.807, 2.05) is 0 Å². The van der Waals surface area contributed by atoms with E-state index in [0.717, 1.165) is 25.5 Å². The second-order valence-electron chi connectivity index (χ2n) is 4.74. The highest BCUT2D eigenvalue weighted by molar-refractivity contribution is 5.57. The van der Waals surface area contributed by atoms with Gasteiger partial charge in [0, 0.05) is 6.42 Å². The molecule has 3 nitrogen and oxygen atoms in total. The molecule has 2 fully saturated rings. The first-order valence-corrected chi connectivity index (χ1v) is 5.74. The Morgan fingerprint density at radius 2 is 1.93 bits per heavy atom. The van der Waals surface area contributed by atoms with Gasteiger partial charge in [-0.1, -0.05) is 12.2 Å². The van der Waals surface area contributed by atoms with E-state index in [2.05, 4.69) is 12.2 Å². The summed E-state index contributed by atoms with van der Waals surface area (Å²) in [5.41, 5.74) is 0. The normalized spacial score (nSPS) is 42.0. The summed E-state index contributed by atoms with van der Waals surface area (Å²) in [6.07, 6.45) is 8.43. The Hall–Kier alpha value is -0.670. The van der Waals surface area contributed by atoms with Gasteiger partial charge in [0.1, 0.15) is 6.29 Å². The molecule has 15 heavy (non-hydrogen) atoms. The number of hydrogen-bond donors (Lipinski definition) is 0. The Bertz CT molecular complexity index is 291. The molecule has 3 atom stereocenters. The molecular formula is C12H16O3. The molecule has 0 radical (unpaired) electrons. The molecule has 1 aliphatic heterocycles. The third kappa shape index (κ3) is 1.30. The molecule has 0 unspecified atom stereocenters. The van der Waals surface area contributed by atoms with Crippen molar-refractivity contribution in [3.8, 4) is 0 Å². The van der Waals surface area contributed by atoms with Crippen LogP contribution in [0.1, 0.15) is 19.3 Å². The van der Waals surface area contributed by atoms with Crippen molar-refractivity contribution >= 4 is 6.29 Å². The van der Waals surface area contributed by atoms with E-state index in [-0.39, 0.29) is 5.92 Å². The zero-order chi connectivity index (χ0) is 10.3. The molecule has 0 bridgehead atoms. The second-order valence-corrected chi connectivity index (χ2v) is 4.74. The number of fused-ring (bicyclic) bond motifs is 1. The lowest BCUT2D eigenvalue weighted by Crippen LogP contribution is -2.37. The zero-order valence-electron chi connectivity index (χ0n) is 8.72. The average Bonchev–Trinajstić information content (AvgIpc) is 2.83. The number of rotatable bonds is 1. The minimum absolute atomic E-state index is 0.0602. The molecule has 3 heteroatoms. The first-order valence-electron chi connectivity index (χ1n) is 5.74. The van der Waals surface area contributed by atoms with Gasteiger partial charge in [0.2, 0.25) is 0 Å². The summed E-state index contributed by atoms with van der Waals surface area (Å²) in [5.74, 6) is 0.382. The zero-order valence-corrected chi connectivity index (χ0v) is 8.72. The lowest BCUT2D eigenvalue weighted by Gasteiger charge is -2.27. The standard InChI is InChI=1S/C12H16O3/c13-8-11-10-4-2-1-3-9(10)7-12(11)14-5-6-15-12/h1-2,8-11H,3-7H2/t9-,10-,11+/m1/s1. The van der Waals surface area contributed by atoms with Crippen LogP contribution in [0.15, 0.2) is 12.2 Å². The van der Waals surface area contributed by atoms with Gasteiger partial charge >= 0.3 is 0 Å². The molecule has 0 N–H and O–H groups in total. The highest BCUT2D eigenvalue weighted by Crippen LogP contribution is 2.52. The Morgan fingerprint density at radius 3 is 2.67 bits per heavy atom. The minimum Gasteiger partial charge on any atom is -0.347 e. The molecule has 3 aliphatic rings. The molecule has 1 spiro atoms. The summed E-state index contributed by atoms with van der Waals surface area (Å²) < 4.78 is 11.4. The first kappa shape index (κ1) is 9.55. The predicted octanol–water partition coefficient (Wildman–Crippen LogP) is 1.53. The van der Waals surface area contributed by atoms with Crippen LogP contribution in [0.25, 0.3) is 0 Å². The smallest absolute Gasteiger partial charge is 0.178 e. The van der Waals surface area contributed by atoms with Crippen molar-refractivity contribution < 1.29 is 14.3 Å². The van der Waals surface area contributed by atoms with Crippen molar-refractivity contribution in [1.82, 2.24) is 0 Å². The van der Waals surface area contributed by atoms with E-state index < -0.39 is 5.79 Å². The summed E-state index contributed by atoms with van der Waals surface area (Å²) in [5, 5.41) is 0. The van der Waals surface area contributed by atoms with E-state index in [9.17, 15) is 4.79 Å². The van der Waals surface area contributed by atoms with Crippen LogP contribution < -0.4 is 0 Å². The number of carbonyl (C=O) groups excluding carboxylic acids is 1. The topological polar surface area (TPSA) is 35.5 Å². The molecule has 2 aliphatic carbocycles. The number of hydrogen-bond acceptors (Lipinski definition) is 3. The van der Waals surface area contributed by atoms with Crippen LogP contribution >= 0.6 is 0 Å². The quantitative estimate of drug-likeness (QED) is 0.484. The Balaban J connectivity index is 1.90. The SMILES string of the molecule is O=C[C@H]1[C@@H]2CC=CC[C@@H]2CC12OCCO2. The first-order chi connectivity index (χ1) is 7.36. The van der Waals surface area contributed by atoms with Crippen molar-refractivity contribution in [3.63, 3.8) is 0 Å². The summed E-state index contributed by atoms with van der Waals surface area (Å²) in [6, 6.07) is 0. The summed E-state index contributed by atoms with van der Waals surface area (Å²) >= 11 is 0. The van der Waals surface area contributed by atoms with Crippen LogP contribution in [0.2, 0.25) is 0 Å².